The molecule has 0 fully saturated rings. The van der Waals surface area contributed by atoms with Gasteiger partial charge < -0.3 is 10.1 Å². The van der Waals surface area contributed by atoms with Gasteiger partial charge in [-0.15, -0.1) is 0 Å². The summed E-state index contributed by atoms with van der Waals surface area (Å²) < 4.78 is 33.7. The maximum Gasteiger partial charge on any atom is 0.241 e. The molecule has 2 aromatic carbocycles. The van der Waals surface area contributed by atoms with Gasteiger partial charge in [0.05, 0.1) is 12.0 Å². The second-order valence-electron chi connectivity index (χ2n) is 7.04. The van der Waals surface area contributed by atoms with E-state index in [1.165, 1.54) is 12.1 Å². The van der Waals surface area contributed by atoms with E-state index in [4.69, 9.17) is 4.74 Å². The fourth-order valence-electron chi connectivity index (χ4n) is 2.75. The minimum atomic E-state index is -3.79. The monoisotopic (exact) mass is 482 g/mol. The molecule has 1 atom stereocenters. The number of methoxy groups -OCH3 is 1. The van der Waals surface area contributed by atoms with Gasteiger partial charge in [0.2, 0.25) is 15.9 Å². The Morgan fingerprint density at radius 3 is 2.24 bits per heavy atom. The number of aryl methyl sites for hydroxylation is 1. The van der Waals surface area contributed by atoms with Crippen molar-refractivity contribution >= 4 is 31.9 Å². The van der Waals surface area contributed by atoms with Gasteiger partial charge in [0.25, 0.3) is 0 Å². The zero-order valence-corrected chi connectivity index (χ0v) is 19.2. The lowest BCUT2D eigenvalue weighted by atomic mass is 10.0. The summed E-state index contributed by atoms with van der Waals surface area (Å²) in [5, 5.41) is 2.84. The van der Waals surface area contributed by atoms with E-state index in [1.54, 1.807) is 19.2 Å². The SMILES string of the molecule is COc1ccc(CCCNC(=O)[C@@H](NS(=O)(=O)c2ccc(Br)cc2)C(C)C)cc1. The standard InChI is InChI=1S/C21H27BrN2O4S/c1-15(2)20(24-29(26,27)19-12-8-17(22)9-13-19)21(25)23-14-4-5-16-6-10-18(28-3)11-7-16/h6-13,15,20,24H,4-5,14H2,1-3H3,(H,23,25)/t20-/m0/s1. The highest BCUT2D eigenvalue weighted by Gasteiger charge is 2.28. The third-order valence-corrected chi connectivity index (χ3v) is 6.44. The molecule has 158 valence electrons. The number of carbonyl (C=O) groups excluding carboxylic acids is 1. The molecule has 2 aromatic rings. The average molecular weight is 483 g/mol. The Hall–Kier alpha value is -1.90. The normalized spacial score (nSPS) is 12.6. The molecule has 0 heterocycles. The minimum Gasteiger partial charge on any atom is -0.497 e. The van der Waals surface area contributed by atoms with Crippen LogP contribution >= 0.6 is 15.9 Å². The van der Waals surface area contributed by atoms with Crippen molar-refractivity contribution in [2.24, 2.45) is 5.92 Å². The summed E-state index contributed by atoms with van der Waals surface area (Å²) in [6, 6.07) is 13.2. The Kier molecular flexibility index (Phi) is 8.67. The number of rotatable bonds is 10. The molecule has 1 amide bonds. The summed E-state index contributed by atoms with van der Waals surface area (Å²) in [6.45, 7) is 4.09. The summed E-state index contributed by atoms with van der Waals surface area (Å²) in [5.74, 6) is 0.289. The van der Waals surface area contributed by atoms with E-state index in [2.05, 4.69) is 26.0 Å². The lowest BCUT2D eigenvalue weighted by Crippen LogP contribution is -2.49. The molecule has 0 aromatic heterocycles. The van der Waals surface area contributed by atoms with E-state index in [9.17, 15) is 13.2 Å². The van der Waals surface area contributed by atoms with Crippen LogP contribution in [-0.2, 0) is 21.2 Å². The number of nitrogens with one attached hydrogen (secondary N) is 2. The van der Waals surface area contributed by atoms with Crippen molar-refractivity contribution in [1.82, 2.24) is 10.0 Å². The van der Waals surface area contributed by atoms with Crippen LogP contribution in [0.3, 0.4) is 0 Å². The molecule has 0 unspecified atom stereocenters. The number of sulfonamides is 1. The van der Waals surface area contributed by atoms with Gasteiger partial charge in [-0.05, 0) is 60.7 Å². The molecule has 0 spiro atoms. The van der Waals surface area contributed by atoms with Crippen molar-refractivity contribution in [2.75, 3.05) is 13.7 Å². The molecule has 0 aliphatic heterocycles. The van der Waals surface area contributed by atoms with Gasteiger partial charge in [-0.3, -0.25) is 4.79 Å². The van der Waals surface area contributed by atoms with E-state index < -0.39 is 16.1 Å². The zero-order chi connectivity index (χ0) is 21.4. The molecule has 2 rings (SSSR count). The number of benzene rings is 2. The smallest absolute Gasteiger partial charge is 0.241 e. The lowest BCUT2D eigenvalue weighted by molar-refractivity contribution is -0.123. The molecule has 0 bridgehead atoms. The van der Waals surface area contributed by atoms with Crippen LogP contribution in [-0.4, -0.2) is 34.0 Å². The third kappa shape index (κ3) is 7.13. The average Bonchev–Trinajstić information content (AvgIpc) is 2.70. The fourth-order valence-corrected chi connectivity index (χ4v) is 4.36. The maximum absolute atomic E-state index is 12.6. The van der Waals surface area contributed by atoms with E-state index in [0.717, 1.165) is 28.6 Å². The first-order valence-electron chi connectivity index (χ1n) is 9.41. The van der Waals surface area contributed by atoms with E-state index >= 15 is 0 Å². The quantitative estimate of drug-likeness (QED) is 0.507. The highest BCUT2D eigenvalue weighted by atomic mass is 79.9. The molecular formula is C21H27BrN2O4S. The van der Waals surface area contributed by atoms with Crippen molar-refractivity contribution in [3.05, 3.63) is 58.6 Å². The van der Waals surface area contributed by atoms with Crippen LogP contribution in [0.25, 0.3) is 0 Å². The number of ether oxygens (including phenoxy) is 1. The van der Waals surface area contributed by atoms with Crippen molar-refractivity contribution in [3.8, 4) is 5.75 Å². The molecule has 0 saturated carbocycles. The van der Waals surface area contributed by atoms with Crippen LogP contribution in [0.2, 0.25) is 0 Å². The van der Waals surface area contributed by atoms with Gasteiger partial charge in [0.15, 0.2) is 0 Å². The van der Waals surface area contributed by atoms with Gasteiger partial charge in [0, 0.05) is 11.0 Å². The van der Waals surface area contributed by atoms with Gasteiger partial charge in [0.1, 0.15) is 11.8 Å². The van der Waals surface area contributed by atoms with E-state index in [1.807, 2.05) is 38.1 Å². The van der Waals surface area contributed by atoms with Gasteiger partial charge in [-0.1, -0.05) is 41.9 Å². The summed E-state index contributed by atoms with van der Waals surface area (Å²) in [7, 11) is -2.16. The molecule has 8 heteroatoms. The van der Waals surface area contributed by atoms with Crippen LogP contribution in [0.5, 0.6) is 5.75 Å². The Balaban J connectivity index is 1.90. The first-order chi connectivity index (χ1) is 13.7. The molecule has 29 heavy (non-hydrogen) atoms. The second kappa shape index (κ2) is 10.8. The predicted octanol–water partition coefficient (Wildman–Crippen LogP) is 3.51. The summed E-state index contributed by atoms with van der Waals surface area (Å²) >= 11 is 3.28. The largest absolute Gasteiger partial charge is 0.497 e. The number of carbonyl (C=O) groups is 1. The van der Waals surface area contributed by atoms with Crippen LogP contribution in [0.1, 0.15) is 25.8 Å². The van der Waals surface area contributed by atoms with Crippen molar-refractivity contribution < 1.29 is 17.9 Å². The lowest BCUT2D eigenvalue weighted by Gasteiger charge is -2.21. The van der Waals surface area contributed by atoms with E-state index in [0.29, 0.717) is 6.54 Å². The van der Waals surface area contributed by atoms with Crippen LogP contribution < -0.4 is 14.8 Å². The van der Waals surface area contributed by atoms with Crippen LogP contribution in [0.4, 0.5) is 0 Å². The number of amides is 1. The van der Waals surface area contributed by atoms with Crippen molar-refractivity contribution in [1.29, 1.82) is 0 Å². The fraction of sp³-hybridized carbons (Fsp3) is 0.381. The highest BCUT2D eigenvalue weighted by Crippen LogP contribution is 2.16. The Morgan fingerprint density at radius 1 is 1.07 bits per heavy atom. The summed E-state index contributed by atoms with van der Waals surface area (Å²) in [6.07, 6.45) is 1.56. The minimum absolute atomic E-state index is 0.124. The zero-order valence-electron chi connectivity index (χ0n) is 16.8. The molecule has 0 aliphatic rings. The topological polar surface area (TPSA) is 84.5 Å². The Labute approximate surface area is 181 Å². The Bertz CT molecular complexity index is 897. The van der Waals surface area contributed by atoms with Gasteiger partial charge >= 0.3 is 0 Å². The van der Waals surface area contributed by atoms with Crippen molar-refractivity contribution in [3.63, 3.8) is 0 Å². The molecule has 0 saturated heterocycles. The summed E-state index contributed by atoms with van der Waals surface area (Å²) in [5.41, 5.74) is 1.15. The molecule has 0 aliphatic carbocycles. The number of hydrogen-bond donors (Lipinski definition) is 2. The van der Waals surface area contributed by atoms with Gasteiger partial charge in [-0.2, -0.15) is 4.72 Å². The first kappa shape index (κ1) is 23.4. The third-order valence-electron chi connectivity index (χ3n) is 4.46. The first-order valence-corrected chi connectivity index (χ1v) is 11.7. The maximum atomic E-state index is 12.6. The molecule has 0 radical (unpaired) electrons. The van der Waals surface area contributed by atoms with E-state index in [-0.39, 0.29) is 16.7 Å². The second-order valence-corrected chi connectivity index (χ2v) is 9.67. The molecule has 6 nitrogen and oxygen atoms in total. The highest BCUT2D eigenvalue weighted by molar-refractivity contribution is 9.10. The summed E-state index contributed by atoms with van der Waals surface area (Å²) in [4.78, 5) is 12.7. The van der Waals surface area contributed by atoms with Gasteiger partial charge in [-0.25, -0.2) is 8.42 Å². The Morgan fingerprint density at radius 2 is 1.69 bits per heavy atom. The number of hydrogen-bond acceptors (Lipinski definition) is 4. The van der Waals surface area contributed by atoms with Crippen molar-refractivity contribution in [2.45, 2.75) is 37.6 Å². The number of halogens is 1. The molecule has 2 N–H and O–H groups in total. The van der Waals surface area contributed by atoms with Crippen LogP contribution in [0.15, 0.2) is 57.9 Å². The predicted molar refractivity (Wildman–Crippen MR) is 117 cm³/mol. The van der Waals surface area contributed by atoms with Crippen LogP contribution in [0, 0.1) is 5.92 Å². The molecular weight excluding hydrogens is 456 g/mol.